The molecule has 1 unspecified atom stereocenters. The summed E-state index contributed by atoms with van der Waals surface area (Å²) >= 11 is 1.57. The molecule has 4 rings (SSSR count). The highest BCUT2D eigenvalue weighted by Crippen LogP contribution is 2.39. The molecule has 1 aliphatic heterocycles. The second-order valence-electron chi connectivity index (χ2n) is 9.35. The van der Waals surface area contributed by atoms with Crippen LogP contribution in [0.3, 0.4) is 0 Å². The van der Waals surface area contributed by atoms with Crippen LogP contribution >= 0.6 is 11.3 Å². The fraction of sp³-hybridized carbons (Fsp3) is 0.500. The number of nitriles is 1. The molecular formula is C26H32N4O2S. The quantitative estimate of drug-likeness (QED) is 0.706. The van der Waals surface area contributed by atoms with Crippen LogP contribution in [0, 0.1) is 24.2 Å². The monoisotopic (exact) mass is 464 g/mol. The first-order chi connectivity index (χ1) is 15.9. The first-order valence-electron chi connectivity index (χ1n) is 11.8. The molecule has 2 heterocycles. The zero-order chi connectivity index (χ0) is 23.4. The van der Waals surface area contributed by atoms with Crippen LogP contribution in [-0.4, -0.2) is 54.3 Å². The first-order valence-corrected chi connectivity index (χ1v) is 12.6. The van der Waals surface area contributed by atoms with Crippen LogP contribution in [0.25, 0.3) is 0 Å². The highest BCUT2D eigenvalue weighted by atomic mass is 32.1. The van der Waals surface area contributed by atoms with Crippen LogP contribution in [-0.2, 0) is 28.9 Å². The van der Waals surface area contributed by atoms with Crippen molar-refractivity contribution in [2.45, 2.75) is 46.0 Å². The fourth-order valence-electron chi connectivity index (χ4n) is 4.62. The van der Waals surface area contributed by atoms with Crippen molar-refractivity contribution >= 4 is 28.2 Å². The molecule has 2 aromatic rings. The largest absolute Gasteiger partial charge is 0.340 e. The lowest BCUT2D eigenvalue weighted by molar-refractivity contribution is -0.132. The first kappa shape index (κ1) is 23.5. The number of thiophene rings is 1. The van der Waals surface area contributed by atoms with Gasteiger partial charge in [0.05, 0.1) is 12.0 Å². The van der Waals surface area contributed by atoms with Crippen LogP contribution in [0.4, 0.5) is 5.00 Å². The Morgan fingerprint density at radius 3 is 2.61 bits per heavy atom. The number of rotatable bonds is 6. The third-order valence-corrected chi connectivity index (χ3v) is 7.90. The van der Waals surface area contributed by atoms with Crippen LogP contribution < -0.4 is 5.32 Å². The number of anilines is 1. The molecule has 0 radical (unpaired) electrons. The van der Waals surface area contributed by atoms with Crippen molar-refractivity contribution in [3.8, 4) is 6.07 Å². The summed E-state index contributed by atoms with van der Waals surface area (Å²) in [5.74, 6) is 0.751. The number of fused-ring (bicyclic) bond motifs is 1. The summed E-state index contributed by atoms with van der Waals surface area (Å²) in [5.41, 5.74) is 4.05. The van der Waals surface area contributed by atoms with Crippen molar-refractivity contribution in [1.82, 2.24) is 9.80 Å². The number of carbonyl (C=O) groups excluding carboxylic acids is 2. The number of amides is 2. The second-order valence-corrected chi connectivity index (χ2v) is 10.5. The van der Waals surface area contributed by atoms with Crippen molar-refractivity contribution in [2.24, 2.45) is 5.92 Å². The molecule has 6 nitrogen and oxygen atoms in total. The Morgan fingerprint density at radius 2 is 1.91 bits per heavy atom. The lowest BCUT2D eigenvalue weighted by atomic mass is 9.89. The van der Waals surface area contributed by atoms with Crippen LogP contribution in [0.5, 0.6) is 0 Å². The molecule has 0 spiro atoms. The Kier molecular flexibility index (Phi) is 7.46. The molecule has 2 amide bonds. The topological polar surface area (TPSA) is 76.4 Å². The molecule has 1 atom stereocenters. The molecule has 0 bridgehead atoms. The van der Waals surface area contributed by atoms with Crippen LogP contribution in [0.2, 0.25) is 0 Å². The van der Waals surface area contributed by atoms with Gasteiger partial charge in [0.1, 0.15) is 11.1 Å². The number of nitrogens with zero attached hydrogens (tertiary/aromatic N) is 3. The third kappa shape index (κ3) is 5.82. The minimum atomic E-state index is -0.0453. The van der Waals surface area contributed by atoms with E-state index >= 15 is 0 Å². The Labute approximate surface area is 200 Å². The summed E-state index contributed by atoms with van der Waals surface area (Å²) in [6, 6.07) is 10.4. The number of nitrogens with one attached hydrogen (secondary N) is 1. The smallest absolute Gasteiger partial charge is 0.227 e. The van der Waals surface area contributed by atoms with Gasteiger partial charge >= 0.3 is 0 Å². The predicted molar refractivity (Wildman–Crippen MR) is 131 cm³/mol. The molecule has 1 aromatic carbocycles. The van der Waals surface area contributed by atoms with Gasteiger partial charge in [0.25, 0.3) is 0 Å². The number of hydrogen-bond acceptors (Lipinski definition) is 5. The van der Waals surface area contributed by atoms with Gasteiger partial charge in [-0.25, -0.2) is 0 Å². The number of benzene rings is 1. The molecule has 0 saturated carbocycles. The second kappa shape index (κ2) is 10.5. The van der Waals surface area contributed by atoms with Crippen molar-refractivity contribution < 1.29 is 9.59 Å². The number of carbonyl (C=O) groups is 2. The summed E-state index contributed by atoms with van der Waals surface area (Å²) in [6.07, 6.45) is 3.86. The Bertz CT molecular complexity index is 1050. The van der Waals surface area contributed by atoms with E-state index in [2.05, 4.69) is 23.2 Å². The molecule has 7 heteroatoms. The number of aryl methyl sites for hydroxylation is 1. The highest BCUT2D eigenvalue weighted by molar-refractivity contribution is 7.16. The summed E-state index contributed by atoms with van der Waals surface area (Å²) < 4.78 is 0. The van der Waals surface area contributed by atoms with Crippen molar-refractivity contribution in [3.05, 3.63) is 51.4 Å². The summed E-state index contributed by atoms with van der Waals surface area (Å²) in [4.78, 5) is 30.6. The zero-order valence-electron chi connectivity index (χ0n) is 19.5. The average molecular weight is 465 g/mol. The zero-order valence-corrected chi connectivity index (χ0v) is 20.3. The molecule has 1 aromatic heterocycles. The van der Waals surface area contributed by atoms with E-state index in [0.717, 1.165) is 43.5 Å². The Balaban J connectivity index is 1.22. The predicted octanol–water partition coefficient (Wildman–Crippen LogP) is 3.77. The van der Waals surface area contributed by atoms with E-state index in [4.69, 9.17) is 0 Å². The number of piperazine rings is 1. The minimum absolute atomic E-state index is 0.0453. The van der Waals surface area contributed by atoms with E-state index in [1.54, 1.807) is 11.3 Å². The maximum atomic E-state index is 12.6. The molecule has 1 N–H and O–H groups in total. The lowest BCUT2D eigenvalue weighted by Crippen LogP contribution is -2.49. The lowest BCUT2D eigenvalue weighted by Gasteiger charge is -2.34. The van der Waals surface area contributed by atoms with Gasteiger partial charge in [-0.05, 0) is 43.2 Å². The SMILES string of the molecule is Cc1ccc(CC(=O)N2CCN(CCC(=O)Nc3sc4c(c3C#N)CCC(C)C4)CC2)cc1. The summed E-state index contributed by atoms with van der Waals surface area (Å²) in [7, 11) is 0. The van der Waals surface area contributed by atoms with Gasteiger partial charge in [0.15, 0.2) is 0 Å². The molecule has 174 valence electrons. The standard InChI is InChI=1S/C26H32N4O2S/c1-18-3-6-20(7-4-18)16-25(32)30-13-11-29(12-14-30)10-9-24(31)28-26-22(17-27)21-8-5-19(2)15-23(21)33-26/h3-4,6-7,19H,5,8-16H2,1-2H3,(H,28,31). The fourth-order valence-corrected chi connectivity index (χ4v) is 6.00. The van der Waals surface area contributed by atoms with E-state index < -0.39 is 0 Å². The van der Waals surface area contributed by atoms with Gasteiger partial charge in [-0.3, -0.25) is 14.5 Å². The summed E-state index contributed by atoms with van der Waals surface area (Å²) in [5, 5.41) is 13.3. The molecule has 1 fully saturated rings. The maximum absolute atomic E-state index is 12.6. The van der Waals surface area contributed by atoms with Crippen LogP contribution in [0.1, 0.15) is 46.9 Å². The van der Waals surface area contributed by atoms with Gasteiger partial charge < -0.3 is 10.2 Å². The Morgan fingerprint density at radius 1 is 1.18 bits per heavy atom. The van der Waals surface area contributed by atoms with Gasteiger partial charge in [-0.15, -0.1) is 11.3 Å². The van der Waals surface area contributed by atoms with Gasteiger partial charge in [-0.2, -0.15) is 5.26 Å². The Hall–Kier alpha value is -2.69. The average Bonchev–Trinajstić information content (AvgIpc) is 3.15. The van der Waals surface area contributed by atoms with E-state index in [0.29, 0.717) is 49.0 Å². The van der Waals surface area contributed by atoms with E-state index in [-0.39, 0.29) is 11.8 Å². The normalized spacial score (nSPS) is 18.5. The molecule has 1 aliphatic carbocycles. The highest BCUT2D eigenvalue weighted by Gasteiger charge is 2.25. The molecule has 1 saturated heterocycles. The molecular weight excluding hydrogens is 432 g/mol. The van der Waals surface area contributed by atoms with Crippen molar-refractivity contribution in [3.63, 3.8) is 0 Å². The van der Waals surface area contributed by atoms with Crippen molar-refractivity contribution in [1.29, 1.82) is 5.26 Å². The molecule has 2 aliphatic rings. The van der Waals surface area contributed by atoms with Crippen LogP contribution in [0.15, 0.2) is 24.3 Å². The van der Waals surface area contributed by atoms with E-state index in [1.165, 1.54) is 10.4 Å². The third-order valence-electron chi connectivity index (χ3n) is 6.73. The number of hydrogen-bond donors (Lipinski definition) is 1. The minimum Gasteiger partial charge on any atom is -0.340 e. The molecule has 33 heavy (non-hydrogen) atoms. The maximum Gasteiger partial charge on any atom is 0.227 e. The summed E-state index contributed by atoms with van der Waals surface area (Å²) in [6.45, 7) is 7.89. The van der Waals surface area contributed by atoms with E-state index in [1.807, 2.05) is 36.1 Å². The van der Waals surface area contributed by atoms with Gasteiger partial charge in [0.2, 0.25) is 11.8 Å². The van der Waals surface area contributed by atoms with Gasteiger partial charge in [0, 0.05) is 44.0 Å². The van der Waals surface area contributed by atoms with Crippen molar-refractivity contribution in [2.75, 3.05) is 38.0 Å². The van der Waals surface area contributed by atoms with Gasteiger partial charge in [-0.1, -0.05) is 36.8 Å². The van der Waals surface area contributed by atoms with E-state index in [9.17, 15) is 14.9 Å².